The van der Waals surface area contributed by atoms with E-state index in [4.69, 9.17) is 4.74 Å². The first-order valence-electron chi connectivity index (χ1n) is 7.79. The number of nitrogens with one attached hydrogen (secondary N) is 1. The molecule has 3 heteroatoms. The molecular weight excluding hydrogens is 253 g/mol. The summed E-state index contributed by atoms with van der Waals surface area (Å²) in [6.07, 6.45) is 6.21. The number of aryl methyl sites for hydroxylation is 1. The lowest BCUT2D eigenvalue weighted by atomic mass is 9.93. The first kappa shape index (κ1) is 15.5. The molecule has 0 aliphatic heterocycles. The second-order valence-corrected chi connectivity index (χ2v) is 5.81. The first-order chi connectivity index (χ1) is 9.69. The third-order valence-corrected chi connectivity index (χ3v) is 4.14. The lowest BCUT2D eigenvalue weighted by Crippen LogP contribution is -2.35. The van der Waals surface area contributed by atoms with Gasteiger partial charge in [0.1, 0.15) is 5.82 Å². The fourth-order valence-corrected chi connectivity index (χ4v) is 2.81. The molecule has 0 spiro atoms. The summed E-state index contributed by atoms with van der Waals surface area (Å²) in [5.41, 5.74) is 2.07. The quantitative estimate of drug-likeness (QED) is 0.851. The van der Waals surface area contributed by atoms with Crippen LogP contribution in [0.25, 0.3) is 0 Å². The van der Waals surface area contributed by atoms with Crippen molar-refractivity contribution in [2.24, 2.45) is 0 Å². The fourth-order valence-electron chi connectivity index (χ4n) is 2.81. The maximum absolute atomic E-state index is 13.0. The van der Waals surface area contributed by atoms with Crippen molar-refractivity contribution in [1.82, 2.24) is 5.32 Å². The van der Waals surface area contributed by atoms with Crippen LogP contribution in [0.1, 0.15) is 50.2 Å². The van der Waals surface area contributed by atoms with Gasteiger partial charge >= 0.3 is 0 Å². The molecule has 20 heavy (non-hydrogen) atoms. The minimum Gasteiger partial charge on any atom is -0.374 e. The van der Waals surface area contributed by atoms with Crippen LogP contribution < -0.4 is 5.32 Å². The Balaban J connectivity index is 1.73. The Morgan fingerprint density at radius 1 is 1.25 bits per heavy atom. The Morgan fingerprint density at radius 2 is 2.00 bits per heavy atom. The Hall–Kier alpha value is -0.930. The molecule has 1 aromatic carbocycles. The minimum absolute atomic E-state index is 0.172. The van der Waals surface area contributed by atoms with Crippen molar-refractivity contribution in [3.8, 4) is 0 Å². The standard InChI is InChI=1S/C17H26FNO/c1-3-10-19-16-6-8-17(9-7-16)20-12-14-4-5-15(18)11-13(14)2/h4-5,11,16-17,19H,3,6-10,12H2,1-2H3. The van der Waals surface area contributed by atoms with Gasteiger partial charge < -0.3 is 10.1 Å². The van der Waals surface area contributed by atoms with Gasteiger partial charge in [-0.3, -0.25) is 0 Å². The molecule has 112 valence electrons. The molecule has 1 fully saturated rings. The van der Waals surface area contributed by atoms with Crippen LogP contribution in [-0.4, -0.2) is 18.7 Å². The zero-order chi connectivity index (χ0) is 14.4. The molecule has 1 aliphatic rings. The van der Waals surface area contributed by atoms with E-state index in [2.05, 4.69) is 12.2 Å². The number of hydrogen-bond donors (Lipinski definition) is 1. The molecule has 1 aliphatic carbocycles. The lowest BCUT2D eigenvalue weighted by molar-refractivity contribution is 0.0111. The van der Waals surface area contributed by atoms with Gasteiger partial charge in [-0.2, -0.15) is 0 Å². The van der Waals surface area contributed by atoms with Gasteiger partial charge in [-0.15, -0.1) is 0 Å². The van der Waals surface area contributed by atoms with Gasteiger partial charge in [0, 0.05) is 6.04 Å². The summed E-state index contributed by atoms with van der Waals surface area (Å²) in [4.78, 5) is 0. The smallest absolute Gasteiger partial charge is 0.123 e. The molecule has 0 radical (unpaired) electrons. The van der Waals surface area contributed by atoms with Crippen LogP contribution in [0.2, 0.25) is 0 Å². The highest BCUT2D eigenvalue weighted by molar-refractivity contribution is 5.25. The van der Waals surface area contributed by atoms with Crippen molar-refractivity contribution in [2.45, 2.75) is 64.7 Å². The highest BCUT2D eigenvalue weighted by Crippen LogP contribution is 2.23. The van der Waals surface area contributed by atoms with Gasteiger partial charge in [0.15, 0.2) is 0 Å². The summed E-state index contributed by atoms with van der Waals surface area (Å²) in [5.74, 6) is -0.172. The molecule has 2 nitrogen and oxygen atoms in total. The van der Waals surface area contributed by atoms with E-state index >= 15 is 0 Å². The van der Waals surface area contributed by atoms with E-state index in [0.29, 0.717) is 18.8 Å². The summed E-state index contributed by atoms with van der Waals surface area (Å²) < 4.78 is 19.0. The van der Waals surface area contributed by atoms with Gasteiger partial charge in [-0.25, -0.2) is 4.39 Å². The molecule has 1 saturated carbocycles. The zero-order valence-corrected chi connectivity index (χ0v) is 12.6. The van der Waals surface area contributed by atoms with Crippen LogP contribution >= 0.6 is 0 Å². The van der Waals surface area contributed by atoms with Gasteiger partial charge in [-0.05, 0) is 68.8 Å². The molecule has 0 heterocycles. The second kappa shape index (κ2) is 7.75. The monoisotopic (exact) mass is 279 g/mol. The largest absolute Gasteiger partial charge is 0.374 e. The van der Waals surface area contributed by atoms with Crippen molar-refractivity contribution in [2.75, 3.05) is 6.54 Å². The molecule has 0 saturated heterocycles. The van der Waals surface area contributed by atoms with Gasteiger partial charge in [-0.1, -0.05) is 13.0 Å². The third kappa shape index (κ3) is 4.57. The van der Waals surface area contributed by atoms with Crippen LogP contribution in [0.4, 0.5) is 4.39 Å². The van der Waals surface area contributed by atoms with E-state index in [1.54, 1.807) is 6.07 Å². The van der Waals surface area contributed by atoms with Crippen LogP contribution in [0.3, 0.4) is 0 Å². The molecule has 2 rings (SSSR count). The molecule has 1 aromatic rings. The highest BCUT2D eigenvalue weighted by atomic mass is 19.1. The highest BCUT2D eigenvalue weighted by Gasteiger charge is 2.21. The number of hydrogen-bond acceptors (Lipinski definition) is 2. The lowest BCUT2D eigenvalue weighted by Gasteiger charge is -2.29. The molecular formula is C17H26FNO. The van der Waals surface area contributed by atoms with Gasteiger partial charge in [0.2, 0.25) is 0 Å². The average molecular weight is 279 g/mol. The Bertz CT molecular complexity index is 413. The molecule has 0 amide bonds. The predicted octanol–water partition coefficient (Wildman–Crippen LogP) is 3.96. The maximum atomic E-state index is 13.0. The van der Waals surface area contributed by atoms with E-state index in [-0.39, 0.29) is 5.82 Å². The second-order valence-electron chi connectivity index (χ2n) is 5.81. The van der Waals surface area contributed by atoms with Crippen LogP contribution in [0.5, 0.6) is 0 Å². The molecule has 0 aromatic heterocycles. The van der Waals surface area contributed by atoms with Gasteiger partial charge in [0.25, 0.3) is 0 Å². The summed E-state index contributed by atoms with van der Waals surface area (Å²) in [7, 11) is 0. The maximum Gasteiger partial charge on any atom is 0.123 e. The third-order valence-electron chi connectivity index (χ3n) is 4.14. The number of rotatable bonds is 6. The van der Waals surface area contributed by atoms with Crippen molar-refractivity contribution in [3.05, 3.63) is 35.1 Å². The van der Waals surface area contributed by atoms with E-state index < -0.39 is 0 Å². The Morgan fingerprint density at radius 3 is 2.65 bits per heavy atom. The fraction of sp³-hybridized carbons (Fsp3) is 0.647. The van der Waals surface area contributed by atoms with E-state index in [0.717, 1.165) is 30.5 Å². The van der Waals surface area contributed by atoms with Crippen LogP contribution in [-0.2, 0) is 11.3 Å². The molecule has 0 unspecified atom stereocenters. The Labute approximate surface area is 121 Å². The SMILES string of the molecule is CCCNC1CCC(OCc2ccc(F)cc2C)CC1. The molecule has 0 atom stereocenters. The van der Waals surface area contributed by atoms with E-state index in [9.17, 15) is 4.39 Å². The normalized spacial score (nSPS) is 22.9. The average Bonchev–Trinajstić information content (AvgIpc) is 2.45. The number of halogens is 1. The number of benzene rings is 1. The minimum atomic E-state index is -0.172. The van der Waals surface area contributed by atoms with Crippen molar-refractivity contribution < 1.29 is 9.13 Å². The van der Waals surface area contributed by atoms with Gasteiger partial charge in [0.05, 0.1) is 12.7 Å². The molecule has 0 bridgehead atoms. The summed E-state index contributed by atoms with van der Waals surface area (Å²) in [6.45, 7) is 5.86. The summed E-state index contributed by atoms with van der Waals surface area (Å²) in [5, 5.41) is 3.58. The topological polar surface area (TPSA) is 21.3 Å². The van der Waals surface area contributed by atoms with Crippen molar-refractivity contribution in [3.63, 3.8) is 0 Å². The summed E-state index contributed by atoms with van der Waals surface area (Å²) in [6, 6.07) is 5.59. The van der Waals surface area contributed by atoms with Crippen LogP contribution in [0, 0.1) is 12.7 Å². The number of ether oxygens (including phenoxy) is 1. The summed E-state index contributed by atoms with van der Waals surface area (Å²) >= 11 is 0. The zero-order valence-electron chi connectivity index (χ0n) is 12.6. The molecule has 1 N–H and O–H groups in total. The first-order valence-corrected chi connectivity index (χ1v) is 7.79. The Kier molecular flexibility index (Phi) is 5.99. The van der Waals surface area contributed by atoms with E-state index in [1.807, 2.05) is 13.0 Å². The van der Waals surface area contributed by atoms with Crippen molar-refractivity contribution >= 4 is 0 Å². The van der Waals surface area contributed by atoms with Crippen molar-refractivity contribution in [1.29, 1.82) is 0 Å². The predicted molar refractivity (Wildman–Crippen MR) is 80.3 cm³/mol. The van der Waals surface area contributed by atoms with Crippen LogP contribution in [0.15, 0.2) is 18.2 Å². The van der Waals surface area contributed by atoms with E-state index in [1.165, 1.54) is 25.3 Å².